The molecule has 1 rings (SSSR count). The average molecular weight is 309 g/mol. The highest BCUT2D eigenvalue weighted by Gasteiger charge is 2.29. The van der Waals surface area contributed by atoms with Gasteiger partial charge in [0.15, 0.2) is 0 Å². The summed E-state index contributed by atoms with van der Waals surface area (Å²) in [7, 11) is 0. The zero-order valence-electron chi connectivity index (χ0n) is 14.1. The van der Waals surface area contributed by atoms with Crippen molar-refractivity contribution in [2.24, 2.45) is 11.1 Å². The van der Waals surface area contributed by atoms with E-state index in [0.29, 0.717) is 18.8 Å². The molecule has 6 nitrogen and oxygen atoms in total. The van der Waals surface area contributed by atoms with E-state index >= 15 is 0 Å². The highest BCUT2D eigenvalue weighted by atomic mass is 16.6. The van der Waals surface area contributed by atoms with E-state index in [2.05, 4.69) is 4.98 Å². The number of hydrogen-bond acceptors (Lipinski definition) is 5. The van der Waals surface area contributed by atoms with Crippen LogP contribution in [0.15, 0.2) is 18.3 Å². The number of rotatable bonds is 5. The summed E-state index contributed by atoms with van der Waals surface area (Å²) >= 11 is 0. The molecule has 0 bridgehead atoms. The number of aliphatic hydroxyl groups excluding tert-OH is 1. The summed E-state index contributed by atoms with van der Waals surface area (Å²) in [5, 5.41) is 9.48. The molecular formula is C16H27N3O3. The molecule has 1 aromatic rings. The van der Waals surface area contributed by atoms with Crippen molar-refractivity contribution in [3.63, 3.8) is 0 Å². The molecule has 0 aliphatic heterocycles. The van der Waals surface area contributed by atoms with Gasteiger partial charge in [0, 0.05) is 25.1 Å². The van der Waals surface area contributed by atoms with Crippen molar-refractivity contribution < 1.29 is 14.6 Å². The molecule has 1 amide bonds. The van der Waals surface area contributed by atoms with Gasteiger partial charge in [-0.3, -0.25) is 9.88 Å². The van der Waals surface area contributed by atoms with Gasteiger partial charge in [-0.1, -0.05) is 13.8 Å². The maximum Gasteiger partial charge on any atom is 0.414 e. The first kappa shape index (κ1) is 18.4. The minimum atomic E-state index is -0.594. The number of pyridine rings is 1. The SMILES string of the molecule is CC(C)(CO)CN(C(=O)OC(C)(C)C)c1ccc(CN)nc1. The molecule has 22 heavy (non-hydrogen) atoms. The molecule has 0 aliphatic rings. The summed E-state index contributed by atoms with van der Waals surface area (Å²) in [4.78, 5) is 18.2. The Morgan fingerprint density at radius 1 is 1.32 bits per heavy atom. The minimum absolute atomic E-state index is 0.0411. The number of carbonyl (C=O) groups excluding carboxylic acids is 1. The normalized spacial score (nSPS) is 12.1. The van der Waals surface area contributed by atoms with Gasteiger partial charge in [-0.05, 0) is 32.9 Å². The highest BCUT2D eigenvalue weighted by Crippen LogP contribution is 2.24. The van der Waals surface area contributed by atoms with Gasteiger partial charge in [0.2, 0.25) is 0 Å². The molecule has 6 heteroatoms. The monoisotopic (exact) mass is 309 g/mol. The topological polar surface area (TPSA) is 88.7 Å². The molecule has 0 radical (unpaired) electrons. The maximum absolute atomic E-state index is 12.5. The van der Waals surface area contributed by atoms with Crippen molar-refractivity contribution in [2.45, 2.75) is 46.8 Å². The van der Waals surface area contributed by atoms with E-state index in [9.17, 15) is 9.90 Å². The van der Waals surface area contributed by atoms with Crippen LogP contribution in [0.2, 0.25) is 0 Å². The van der Waals surface area contributed by atoms with Crippen LogP contribution in [0.4, 0.5) is 10.5 Å². The van der Waals surface area contributed by atoms with Gasteiger partial charge in [-0.25, -0.2) is 4.79 Å². The molecule has 1 heterocycles. The molecular weight excluding hydrogens is 282 g/mol. The molecule has 124 valence electrons. The van der Waals surface area contributed by atoms with E-state index in [0.717, 1.165) is 5.69 Å². The fourth-order valence-corrected chi connectivity index (χ4v) is 1.75. The number of carbonyl (C=O) groups is 1. The van der Waals surface area contributed by atoms with Gasteiger partial charge in [-0.2, -0.15) is 0 Å². The van der Waals surface area contributed by atoms with Crippen LogP contribution in [0.1, 0.15) is 40.3 Å². The molecule has 0 saturated heterocycles. The first-order chi connectivity index (χ1) is 10.1. The second-order valence-electron chi connectivity index (χ2n) is 7.10. The lowest BCUT2D eigenvalue weighted by Gasteiger charge is -2.32. The van der Waals surface area contributed by atoms with Crippen LogP contribution in [-0.2, 0) is 11.3 Å². The van der Waals surface area contributed by atoms with Gasteiger partial charge in [0.05, 0.1) is 17.6 Å². The van der Waals surface area contributed by atoms with Crippen molar-refractivity contribution in [3.8, 4) is 0 Å². The fourth-order valence-electron chi connectivity index (χ4n) is 1.75. The number of amides is 1. The fraction of sp³-hybridized carbons (Fsp3) is 0.625. The lowest BCUT2D eigenvalue weighted by atomic mass is 9.94. The van der Waals surface area contributed by atoms with Crippen LogP contribution in [0.5, 0.6) is 0 Å². The predicted molar refractivity (Wildman–Crippen MR) is 86.6 cm³/mol. The third-order valence-corrected chi connectivity index (χ3v) is 2.96. The van der Waals surface area contributed by atoms with Gasteiger partial charge < -0.3 is 15.6 Å². The third-order valence-electron chi connectivity index (χ3n) is 2.96. The molecule has 0 saturated carbocycles. The summed E-state index contributed by atoms with van der Waals surface area (Å²) in [6.07, 6.45) is 1.14. The Balaban J connectivity index is 3.06. The molecule has 3 N–H and O–H groups in total. The van der Waals surface area contributed by atoms with Crippen LogP contribution in [0.3, 0.4) is 0 Å². The van der Waals surface area contributed by atoms with Crippen molar-refractivity contribution in [1.29, 1.82) is 0 Å². The Morgan fingerprint density at radius 3 is 2.36 bits per heavy atom. The zero-order chi connectivity index (χ0) is 17.0. The van der Waals surface area contributed by atoms with Crippen molar-refractivity contribution >= 4 is 11.8 Å². The third kappa shape index (κ3) is 5.61. The van der Waals surface area contributed by atoms with Crippen LogP contribution < -0.4 is 10.6 Å². The molecule has 0 atom stereocenters. The lowest BCUT2D eigenvalue weighted by molar-refractivity contribution is 0.0553. The predicted octanol–water partition coefficient (Wildman–Crippen LogP) is 2.30. The van der Waals surface area contributed by atoms with Gasteiger partial charge in [0.25, 0.3) is 0 Å². The van der Waals surface area contributed by atoms with E-state index < -0.39 is 17.1 Å². The summed E-state index contributed by atoms with van der Waals surface area (Å²) in [6.45, 7) is 9.83. The number of nitrogens with zero attached hydrogens (tertiary/aromatic N) is 2. The van der Waals surface area contributed by atoms with E-state index in [-0.39, 0.29) is 6.61 Å². The summed E-state index contributed by atoms with van der Waals surface area (Å²) < 4.78 is 5.45. The first-order valence-corrected chi connectivity index (χ1v) is 7.34. The Labute approximate surface area is 132 Å². The molecule has 0 spiro atoms. The van der Waals surface area contributed by atoms with E-state index in [1.165, 1.54) is 4.90 Å². The zero-order valence-corrected chi connectivity index (χ0v) is 14.1. The molecule has 0 fully saturated rings. The largest absolute Gasteiger partial charge is 0.443 e. The molecule has 0 aliphatic carbocycles. The van der Waals surface area contributed by atoms with Gasteiger partial charge in [-0.15, -0.1) is 0 Å². The summed E-state index contributed by atoms with van der Waals surface area (Å²) in [5.74, 6) is 0. The summed E-state index contributed by atoms with van der Waals surface area (Å²) in [6, 6.07) is 3.56. The second kappa shape index (κ2) is 7.07. The Kier molecular flexibility index (Phi) is 5.91. The van der Waals surface area contributed by atoms with Crippen LogP contribution in [0.25, 0.3) is 0 Å². The van der Waals surface area contributed by atoms with Gasteiger partial charge in [0.1, 0.15) is 5.60 Å². The summed E-state index contributed by atoms with van der Waals surface area (Å²) in [5.41, 5.74) is 5.86. The average Bonchev–Trinajstić information content (AvgIpc) is 2.43. The second-order valence-corrected chi connectivity index (χ2v) is 7.10. The van der Waals surface area contributed by atoms with Gasteiger partial charge >= 0.3 is 6.09 Å². The van der Waals surface area contributed by atoms with E-state index in [1.807, 2.05) is 34.6 Å². The van der Waals surface area contributed by atoms with Crippen molar-refractivity contribution in [3.05, 3.63) is 24.0 Å². The quantitative estimate of drug-likeness (QED) is 0.871. The van der Waals surface area contributed by atoms with E-state index in [1.54, 1.807) is 18.3 Å². The number of anilines is 1. The number of ether oxygens (including phenoxy) is 1. The van der Waals surface area contributed by atoms with Crippen LogP contribution >= 0.6 is 0 Å². The maximum atomic E-state index is 12.5. The molecule has 0 aromatic carbocycles. The minimum Gasteiger partial charge on any atom is -0.443 e. The number of hydrogen-bond donors (Lipinski definition) is 2. The van der Waals surface area contributed by atoms with Crippen molar-refractivity contribution in [1.82, 2.24) is 4.98 Å². The Hall–Kier alpha value is -1.66. The van der Waals surface area contributed by atoms with Crippen LogP contribution in [-0.4, -0.2) is 34.9 Å². The number of aromatic nitrogens is 1. The van der Waals surface area contributed by atoms with E-state index in [4.69, 9.17) is 10.5 Å². The lowest BCUT2D eigenvalue weighted by Crippen LogP contribution is -2.43. The standard InChI is InChI=1S/C16H27N3O3/c1-15(2,3)22-14(21)19(10-16(4,5)11-20)13-7-6-12(8-17)18-9-13/h6-7,9,20H,8,10-11,17H2,1-5H3. The van der Waals surface area contributed by atoms with Crippen molar-refractivity contribution in [2.75, 3.05) is 18.1 Å². The van der Waals surface area contributed by atoms with Crippen LogP contribution in [0, 0.1) is 5.41 Å². The number of aliphatic hydroxyl groups is 1. The number of nitrogens with two attached hydrogens (primary N) is 1. The Morgan fingerprint density at radius 2 is 1.95 bits per heavy atom. The smallest absolute Gasteiger partial charge is 0.414 e. The molecule has 1 aromatic heterocycles. The first-order valence-electron chi connectivity index (χ1n) is 7.34. The Bertz CT molecular complexity index is 492. The highest BCUT2D eigenvalue weighted by molar-refractivity contribution is 5.87. The molecule has 0 unspecified atom stereocenters.